The number of benzene rings is 1. The highest BCUT2D eigenvalue weighted by Gasteiger charge is 2.23. The van der Waals surface area contributed by atoms with E-state index in [0.29, 0.717) is 37.0 Å². The number of hydrogen-bond donors (Lipinski definition) is 2. The predicted molar refractivity (Wildman–Crippen MR) is 101 cm³/mol. The summed E-state index contributed by atoms with van der Waals surface area (Å²) in [6, 6.07) is 3.46. The van der Waals surface area contributed by atoms with Crippen LogP contribution < -0.4 is 15.2 Å². The first kappa shape index (κ1) is 20.1. The van der Waals surface area contributed by atoms with Gasteiger partial charge in [0.15, 0.2) is 5.13 Å². The van der Waals surface area contributed by atoms with Crippen LogP contribution in [-0.4, -0.2) is 50.5 Å². The average Bonchev–Trinajstić information content (AvgIpc) is 3.17. The van der Waals surface area contributed by atoms with Gasteiger partial charge in [-0.05, 0) is 12.5 Å². The number of carbonyl (C=O) groups is 1. The molecule has 1 aliphatic rings. The van der Waals surface area contributed by atoms with Crippen LogP contribution in [0.25, 0.3) is 0 Å². The van der Waals surface area contributed by atoms with Crippen molar-refractivity contribution in [1.82, 2.24) is 15.2 Å². The smallest absolute Gasteiger partial charge is 0.285 e. The molecule has 1 saturated heterocycles. The predicted octanol–water partition coefficient (Wildman–Crippen LogP) is 0.820. The van der Waals surface area contributed by atoms with E-state index in [4.69, 9.17) is 4.74 Å². The Bertz CT molecular complexity index is 1000. The summed E-state index contributed by atoms with van der Waals surface area (Å²) in [5.41, 5.74) is 2.08. The van der Waals surface area contributed by atoms with E-state index in [9.17, 15) is 23.3 Å². The summed E-state index contributed by atoms with van der Waals surface area (Å²) in [5, 5.41) is 13.0. The Morgan fingerprint density at radius 1 is 1.36 bits per heavy atom. The zero-order valence-electron chi connectivity index (χ0n) is 14.7. The van der Waals surface area contributed by atoms with E-state index in [0.717, 1.165) is 6.07 Å². The Morgan fingerprint density at radius 3 is 2.75 bits per heavy atom. The molecule has 0 unspecified atom stereocenters. The number of sulfonamides is 1. The number of ether oxygens (including phenoxy) is 1. The molecular formula is C15H17N5O6S2. The third-order valence-corrected chi connectivity index (χ3v) is 6.27. The molecule has 1 aliphatic heterocycles. The summed E-state index contributed by atoms with van der Waals surface area (Å²) in [4.78, 5) is 30.3. The number of hydrogen-bond acceptors (Lipinski definition) is 9. The SMILES string of the molecule is Cc1ccc([N+](=O)[O-])cc1S(=O)(=O)NNC(=O)c1csc(N2CCOCC2)n1. The van der Waals surface area contributed by atoms with Gasteiger partial charge in [-0.1, -0.05) is 6.07 Å². The van der Waals surface area contributed by atoms with Crippen molar-refractivity contribution in [3.05, 3.63) is 45.0 Å². The maximum absolute atomic E-state index is 12.4. The summed E-state index contributed by atoms with van der Waals surface area (Å²) >= 11 is 1.27. The van der Waals surface area contributed by atoms with Gasteiger partial charge in [-0.2, -0.15) is 0 Å². The number of non-ortho nitro benzene ring substituents is 1. The molecule has 0 spiro atoms. The number of carbonyl (C=O) groups excluding carboxylic acids is 1. The summed E-state index contributed by atoms with van der Waals surface area (Å²) in [5.74, 6) is -0.734. The Hall–Kier alpha value is -2.61. The van der Waals surface area contributed by atoms with Crippen molar-refractivity contribution in [2.75, 3.05) is 31.2 Å². The number of nitrogens with zero attached hydrogens (tertiary/aromatic N) is 3. The van der Waals surface area contributed by atoms with Crippen molar-refractivity contribution in [3.8, 4) is 0 Å². The second-order valence-corrected chi connectivity index (χ2v) is 8.37. The van der Waals surface area contributed by atoms with E-state index in [-0.39, 0.29) is 16.3 Å². The van der Waals surface area contributed by atoms with Crippen LogP contribution in [0.5, 0.6) is 0 Å². The van der Waals surface area contributed by atoms with Gasteiger partial charge in [-0.3, -0.25) is 20.3 Å². The third kappa shape index (κ3) is 4.44. The summed E-state index contributed by atoms with van der Waals surface area (Å²) < 4.78 is 30.1. The van der Waals surface area contributed by atoms with Gasteiger partial charge in [0.2, 0.25) is 0 Å². The lowest BCUT2D eigenvalue weighted by Gasteiger charge is -2.25. The van der Waals surface area contributed by atoms with Gasteiger partial charge >= 0.3 is 0 Å². The van der Waals surface area contributed by atoms with Crippen LogP contribution in [0.1, 0.15) is 16.1 Å². The van der Waals surface area contributed by atoms with Gasteiger partial charge in [-0.25, -0.2) is 13.4 Å². The van der Waals surface area contributed by atoms with Crippen LogP contribution in [0.15, 0.2) is 28.5 Å². The van der Waals surface area contributed by atoms with Crippen LogP contribution in [-0.2, 0) is 14.8 Å². The monoisotopic (exact) mass is 427 g/mol. The van der Waals surface area contributed by atoms with Crippen molar-refractivity contribution < 1.29 is 22.9 Å². The van der Waals surface area contributed by atoms with Gasteiger partial charge in [0.25, 0.3) is 21.6 Å². The minimum atomic E-state index is -4.20. The molecule has 13 heteroatoms. The largest absolute Gasteiger partial charge is 0.378 e. The fourth-order valence-corrected chi connectivity index (χ4v) is 4.46. The third-order valence-electron chi connectivity index (χ3n) is 3.98. The van der Waals surface area contributed by atoms with E-state index < -0.39 is 20.9 Å². The number of anilines is 1. The van der Waals surface area contributed by atoms with Crippen LogP contribution in [0.2, 0.25) is 0 Å². The minimum absolute atomic E-state index is 0.0601. The van der Waals surface area contributed by atoms with Crippen molar-refractivity contribution in [2.24, 2.45) is 0 Å². The molecule has 11 nitrogen and oxygen atoms in total. The standard InChI is InChI=1S/C15H17N5O6S2/c1-10-2-3-11(20(22)23)8-13(10)28(24,25)18-17-14(21)12-9-27-15(16-12)19-4-6-26-7-5-19/h2-3,8-9,18H,4-7H2,1H3,(H,17,21). The molecule has 0 bridgehead atoms. The average molecular weight is 427 g/mol. The molecular weight excluding hydrogens is 410 g/mol. The first-order valence-electron chi connectivity index (χ1n) is 8.13. The number of rotatable bonds is 6. The molecule has 0 radical (unpaired) electrons. The van der Waals surface area contributed by atoms with Gasteiger partial charge in [0, 0.05) is 30.6 Å². The highest BCUT2D eigenvalue weighted by atomic mass is 32.2. The van der Waals surface area contributed by atoms with Crippen molar-refractivity contribution >= 4 is 38.1 Å². The molecule has 2 aromatic rings. The fraction of sp³-hybridized carbons (Fsp3) is 0.333. The number of nitrogens with one attached hydrogen (secondary N) is 2. The molecule has 150 valence electrons. The molecule has 0 saturated carbocycles. The number of nitro benzene ring substituents is 1. The van der Waals surface area contributed by atoms with E-state index in [2.05, 4.69) is 10.4 Å². The van der Waals surface area contributed by atoms with Crippen LogP contribution >= 0.6 is 11.3 Å². The van der Waals surface area contributed by atoms with E-state index >= 15 is 0 Å². The second kappa shape index (κ2) is 8.18. The molecule has 2 N–H and O–H groups in total. The Labute approximate surface area is 164 Å². The number of amides is 1. The summed E-state index contributed by atoms with van der Waals surface area (Å²) in [6.45, 7) is 3.96. The Kier molecular flexibility index (Phi) is 5.88. The van der Waals surface area contributed by atoms with Crippen LogP contribution in [0.3, 0.4) is 0 Å². The molecule has 2 heterocycles. The van der Waals surface area contributed by atoms with E-state index in [1.54, 1.807) is 0 Å². The maximum atomic E-state index is 12.4. The van der Waals surface area contributed by atoms with Gasteiger partial charge in [0.1, 0.15) is 5.69 Å². The first-order chi connectivity index (χ1) is 13.3. The number of thiazole rings is 1. The van der Waals surface area contributed by atoms with E-state index in [1.807, 2.05) is 9.73 Å². The zero-order chi connectivity index (χ0) is 20.3. The highest BCUT2D eigenvalue weighted by molar-refractivity contribution is 7.89. The number of aryl methyl sites for hydroxylation is 1. The van der Waals surface area contributed by atoms with Gasteiger partial charge in [0.05, 0.1) is 23.0 Å². The molecule has 1 aromatic heterocycles. The van der Waals surface area contributed by atoms with Crippen LogP contribution in [0, 0.1) is 17.0 Å². The number of nitro groups is 1. The van der Waals surface area contributed by atoms with Gasteiger partial charge < -0.3 is 9.64 Å². The highest BCUT2D eigenvalue weighted by Crippen LogP contribution is 2.22. The summed E-state index contributed by atoms with van der Waals surface area (Å²) in [7, 11) is -4.20. The number of morpholine rings is 1. The molecule has 1 aromatic carbocycles. The maximum Gasteiger partial charge on any atom is 0.285 e. The number of hydrazine groups is 1. The minimum Gasteiger partial charge on any atom is -0.378 e. The van der Waals surface area contributed by atoms with Crippen molar-refractivity contribution in [1.29, 1.82) is 0 Å². The fourth-order valence-electron chi connectivity index (χ4n) is 2.49. The lowest BCUT2D eigenvalue weighted by Crippen LogP contribution is -2.42. The van der Waals surface area contributed by atoms with E-state index in [1.165, 1.54) is 35.8 Å². The molecule has 0 atom stereocenters. The zero-order valence-corrected chi connectivity index (χ0v) is 16.4. The first-order valence-corrected chi connectivity index (χ1v) is 10.5. The van der Waals surface area contributed by atoms with Gasteiger partial charge in [-0.15, -0.1) is 16.2 Å². The Morgan fingerprint density at radius 2 is 2.07 bits per heavy atom. The Balaban J connectivity index is 1.69. The lowest BCUT2D eigenvalue weighted by atomic mass is 10.2. The molecule has 28 heavy (non-hydrogen) atoms. The molecule has 1 fully saturated rings. The normalized spacial score (nSPS) is 14.7. The van der Waals surface area contributed by atoms with Crippen molar-refractivity contribution in [2.45, 2.75) is 11.8 Å². The molecule has 0 aliphatic carbocycles. The van der Waals surface area contributed by atoms with Crippen LogP contribution in [0.4, 0.5) is 10.8 Å². The number of aromatic nitrogens is 1. The summed E-state index contributed by atoms with van der Waals surface area (Å²) in [6.07, 6.45) is 0. The second-order valence-electron chi connectivity index (χ2n) is 5.88. The topological polar surface area (TPSA) is 144 Å². The molecule has 1 amide bonds. The quantitative estimate of drug-likeness (QED) is 0.509. The van der Waals surface area contributed by atoms with Crippen molar-refractivity contribution in [3.63, 3.8) is 0 Å². The molecule has 3 rings (SSSR count). The lowest BCUT2D eigenvalue weighted by molar-refractivity contribution is -0.385.